The fourth-order valence-electron chi connectivity index (χ4n) is 1.91. The Hall–Kier alpha value is -1.74. The van der Waals surface area contributed by atoms with E-state index in [1.54, 1.807) is 25.1 Å². The van der Waals surface area contributed by atoms with Crippen LogP contribution in [0.3, 0.4) is 0 Å². The second-order valence-corrected chi connectivity index (χ2v) is 4.37. The van der Waals surface area contributed by atoms with Crippen LogP contribution in [0.5, 0.6) is 0 Å². The van der Waals surface area contributed by atoms with E-state index < -0.39 is 12.7 Å². The smallest absolute Gasteiger partial charge is 0.362 e. The monoisotopic (exact) mass is 285 g/mol. The summed E-state index contributed by atoms with van der Waals surface area (Å²) in [5.74, 6) is 0. The van der Waals surface area contributed by atoms with Gasteiger partial charge in [-0.1, -0.05) is 13.0 Å². The molecule has 0 aliphatic carbocycles. The highest BCUT2D eigenvalue weighted by atomic mass is 19.4. The zero-order valence-electron chi connectivity index (χ0n) is 11.6. The minimum atomic E-state index is -4.29. The van der Waals surface area contributed by atoms with Crippen molar-refractivity contribution in [3.63, 3.8) is 0 Å². The Bertz CT molecular complexity index is 478. The summed E-state index contributed by atoms with van der Waals surface area (Å²) in [6.07, 6.45) is -4.29. The summed E-state index contributed by atoms with van der Waals surface area (Å²) in [7, 11) is 0. The fourth-order valence-corrected chi connectivity index (χ4v) is 1.91. The van der Waals surface area contributed by atoms with Gasteiger partial charge in [-0.15, -0.1) is 0 Å². The molecule has 0 unspecified atom stereocenters. The van der Waals surface area contributed by atoms with Gasteiger partial charge in [0.15, 0.2) is 0 Å². The van der Waals surface area contributed by atoms with E-state index in [-0.39, 0.29) is 12.1 Å². The first-order valence-electron chi connectivity index (χ1n) is 6.46. The van der Waals surface area contributed by atoms with E-state index in [1.165, 1.54) is 0 Å². The molecule has 6 heteroatoms. The molecule has 0 aromatic heterocycles. The lowest BCUT2D eigenvalue weighted by Crippen LogP contribution is -2.34. The Balaban J connectivity index is 3.01. The van der Waals surface area contributed by atoms with Crippen molar-refractivity contribution in [3.8, 4) is 6.07 Å². The zero-order chi connectivity index (χ0) is 15.2. The molecule has 1 aromatic rings. The normalized spacial score (nSPS) is 11.2. The second kappa shape index (κ2) is 7.15. The largest absolute Gasteiger partial charge is 0.405 e. The predicted octanol–water partition coefficient (Wildman–Crippen LogP) is 3.06. The van der Waals surface area contributed by atoms with Gasteiger partial charge >= 0.3 is 6.18 Å². The number of nitrogens with one attached hydrogen (secondary N) is 1. The molecule has 0 bridgehead atoms. The predicted molar refractivity (Wildman–Crippen MR) is 72.5 cm³/mol. The van der Waals surface area contributed by atoms with Crippen LogP contribution in [0.4, 0.5) is 18.9 Å². The molecule has 1 rings (SSSR count). The van der Waals surface area contributed by atoms with Gasteiger partial charge in [-0.3, -0.25) is 0 Å². The molecule has 1 aromatic carbocycles. The Labute approximate surface area is 117 Å². The summed E-state index contributed by atoms with van der Waals surface area (Å²) in [5.41, 5.74) is 1.48. The SMILES string of the molecule is CCNCc1ccc(N(CC)CC(F)(F)F)c(C#N)c1. The first-order chi connectivity index (χ1) is 9.41. The minimum absolute atomic E-state index is 0.195. The first-order valence-corrected chi connectivity index (χ1v) is 6.46. The van der Waals surface area contributed by atoms with Gasteiger partial charge in [0.05, 0.1) is 11.3 Å². The van der Waals surface area contributed by atoms with Gasteiger partial charge in [0.1, 0.15) is 12.6 Å². The molecule has 0 atom stereocenters. The Kier molecular flexibility index (Phi) is 5.83. The van der Waals surface area contributed by atoms with Crippen molar-refractivity contribution in [2.75, 3.05) is 24.5 Å². The number of benzene rings is 1. The van der Waals surface area contributed by atoms with E-state index in [2.05, 4.69) is 5.32 Å². The quantitative estimate of drug-likeness (QED) is 0.873. The van der Waals surface area contributed by atoms with Crippen LogP contribution in [0.25, 0.3) is 0 Å². The highest BCUT2D eigenvalue weighted by Crippen LogP contribution is 2.25. The second-order valence-electron chi connectivity index (χ2n) is 4.37. The van der Waals surface area contributed by atoms with E-state index in [0.29, 0.717) is 12.2 Å². The number of rotatable bonds is 6. The summed E-state index contributed by atoms with van der Waals surface area (Å²) in [6.45, 7) is 4.13. The molecular formula is C14H18F3N3. The summed E-state index contributed by atoms with van der Waals surface area (Å²) in [5, 5.41) is 12.2. The summed E-state index contributed by atoms with van der Waals surface area (Å²) in [6, 6.07) is 6.94. The zero-order valence-corrected chi connectivity index (χ0v) is 11.6. The number of nitriles is 1. The van der Waals surface area contributed by atoms with Crippen molar-refractivity contribution in [2.24, 2.45) is 0 Å². The number of hydrogen-bond acceptors (Lipinski definition) is 3. The van der Waals surface area contributed by atoms with Gasteiger partial charge in [0, 0.05) is 13.1 Å². The van der Waals surface area contributed by atoms with Crippen LogP contribution in [-0.4, -0.2) is 25.8 Å². The molecule has 0 fully saturated rings. The van der Waals surface area contributed by atoms with E-state index in [1.807, 2.05) is 13.0 Å². The molecule has 0 aliphatic heterocycles. The van der Waals surface area contributed by atoms with Gasteiger partial charge < -0.3 is 10.2 Å². The lowest BCUT2D eigenvalue weighted by Gasteiger charge is -2.25. The van der Waals surface area contributed by atoms with Crippen molar-refractivity contribution >= 4 is 5.69 Å². The van der Waals surface area contributed by atoms with Crippen LogP contribution < -0.4 is 10.2 Å². The maximum absolute atomic E-state index is 12.5. The number of anilines is 1. The minimum Gasteiger partial charge on any atom is -0.362 e. The number of hydrogen-bond donors (Lipinski definition) is 1. The fraction of sp³-hybridized carbons (Fsp3) is 0.500. The average molecular weight is 285 g/mol. The van der Waals surface area contributed by atoms with Gasteiger partial charge in [-0.05, 0) is 31.2 Å². The van der Waals surface area contributed by atoms with E-state index >= 15 is 0 Å². The third kappa shape index (κ3) is 4.74. The molecule has 0 radical (unpaired) electrons. The molecule has 1 N–H and O–H groups in total. The molecule has 110 valence electrons. The maximum atomic E-state index is 12.5. The lowest BCUT2D eigenvalue weighted by atomic mass is 10.1. The Morgan fingerprint density at radius 2 is 2.00 bits per heavy atom. The Morgan fingerprint density at radius 1 is 1.30 bits per heavy atom. The lowest BCUT2D eigenvalue weighted by molar-refractivity contribution is -0.119. The van der Waals surface area contributed by atoms with Crippen molar-refractivity contribution < 1.29 is 13.2 Å². The van der Waals surface area contributed by atoms with Crippen LogP contribution in [0.15, 0.2) is 18.2 Å². The summed E-state index contributed by atoms with van der Waals surface area (Å²) < 4.78 is 37.6. The molecule has 20 heavy (non-hydrogen) atoms. The standard InChI is InChI=1S/C14H18F3N3/c1-3-19-9-11-5-6-13(12(7-11)8-18)20(4-2)10-14(15,16)17/h5-7,19H,3-4,9-10H2,1-2H3. The van der Waals surface area contributed by atoms with Crippen molar-refractivity contribution in [1.82, 2.24) is 5.32 Å². The molecule has 0 amide bonds. The topological polar surface area (TPSA) is 39.1 Å². The first kappa shape index (κ1) is 16.3. The van der Waals surface area contributed by atoms with Crippen molar-refractivity contribution in [2.45, 2.75) is 26.6 Å². The highest BCUT2D eigenvalue weighted by molar-refractivity contribution is 5.60. The van der Waals surface area contributed by atoms with Gasteiger partial charge in [0.2, 0.25) is 0 Å². The molecule has 0 saturated carbocycles. The van der Waals surface area contributed by atoms with Crippen LogP contribution in [0, 0.1) is 11.3 Å². The molecule has 0 heterocycles. The third-order valence-corrected chi connectivity index (χ3v) is 2.85. The molecule has 0 spiro atoms. The summed E-state index contributed by atoms with van der Waals surface area (Å²) in [4.78, 5) is 1.16. The number of halogens is 3. The maximum Gasteiger partial charge on any atom is 0.405 e. The van der Waals surface area contributed by atoms with Crippen LogP contribution in [0.2, 0.25) is 0 Å². The molecule has 3 nitrogen and oxygen atoms in total. The van der Waals surface area contributed by atoms with Crippen molar-refractivity contribution in [1.29, 1.82) is 5.26 Å². The van der Waals surface area contributed by atoms with Crippen molar-refractivity contribution in [3.05, 3.63) is 29.3 Å². The van der Waals surface area contributed by atoms with Gasteiger partial charge in [-0.2, -0.15) is 18.4 Å². The van der Waals surface area contributed by atoms with E-state index in [0.717, 1.165) is 17.0 Å². The highest BCUT2D eigenvalue weighted by Gasteiger charge is 2.31. The van der Waals surface area contributed by atoms with Crippen LogP contribution >= 0.6 is 0 Å². The van der Waals surface area contributed by atoms with Crippen LogP contribution in [-0.2, 0) is 6.54 Å². The van der Waals surface area contributed by atoms with E-state index in [9.17, 15) is 13.2 Å². The molecule has 0 saturated heterocycles. The average Bonchev–Trinajstić information content (AvgIpc) is 2.41. The molecule has 0 aliphatic rings. The number of alkyl halides is 3. The van der Waals surface area contributed by atoms with Crippen LogP contribution in [0.1, 0.15) is 25.0 Å². The van der Waals surface area contributed by atoms with E-state index in [4.69, 9.17) is 5.26 Å². The van der Waals surface area contributed by atoms with Gasteiger partial charge in [-0.25, -0.2) is 0 Å². The third-order valence-electron chi connectivity index (χ3n) is 2.85. The summed E-state index contributed by atoms with van der Waals surface area (Å²) >= 11 is 0. The van der Waals surface area contributed by atoms with Gasteiger partial charge in [0.25, 0.3) is 0 Å². The number of nitrogens with zero attached hydrogens (tertiary/aromatic N) is 2. The Morgan fingerprint density at radius 3 is 2.50 bits per heavy atom. The molecular weight excluding hydrogens is 267 g/mol.